The van der Waals surface area contributed by atoms with E-state index in [-0.39, 0.29) is 17.2 Å². The molecule has 1 amide bonds. The van der Waals surface area contributed by atoms with Gasteiger partial charge in [-0.15, -0.1) is 0 Å². The smallest absolute Gasteiger partial charge is 0.244 e. The number of anilines is 1. The number of carbonyl (C=O) groups is 1. The van der Waals surface area contributed by atoms with Crippen LogP contribution in [0.25, 0.3) is 0 Å². The Kier molecular flexibility index (Phi) is 3.98. The molecule has 1 aromatic rings. The van der Waals surface area contributed by atoms with E-state index < -0.39 is 0 Å². The van der Waals surface area contributed by atoms with E-state index in [1.54, 1.807) is 7.05 Å². The highest BCUT2D eigenvalue weighted by molar-refractivity contribution is 6.28. The van der Waals surface area contributed by atoms with Crippen LogP contribution in [-0.4, -0.2) is 48.7 Å². The standard InChI is InChI=1S/C11H15ClN4O2/c1-7-5-9(15-11(12)14-7)16-3-4-18-6-8(16)10(17)13-2/h5,8H,3-4,6H2,1-2H3,(H,13,17). The average Bonchev–Trinajstić information content (AvgIpc) is 2.36. The lowest BCUT2D eigenvalue weighted by molar-refractivity contribution is -0.124. The van der Waals surface area contributed by atoms with Crippen LogP contribution in [-0.2, 0) is 9.53 Å². The molecular formula is C11H15ClN4O2. The van der Waals surface area contributed by atoms with Gasteiger partial charge in [0.05, 0.1) is 13.2 Å². The summed E-state index contributed by atoms with van der Waals surface area (Å²) >= 11 is 5.85. The Morgan fingerprint density at radius 1 is 1.61 bits per heavy atom. The number of likely N-dealkylation sites (N-methyl/N-ethyl adjacent to an activating group) is 1. The SMILES string of the molecule is CNC(=O)C1COCCN1c1cc(C)nc(Cl)n1. The molecule has 2 rings (SSSR count). The number of nitrogens with zero attached hydrogens (tertiary/aromatic N) is 3. The summed E-state index contributed by atoms with van der Waals surface area (Å²) in [6, 6.07) is 1.43. The topological polar surface area (TPSA) is 67.3 Å². The van der Waals surface area contributed by atoms with Crippen LogP contribution >= 0.6 is 11.6 Å². The van der Waals surface area contributed by atoms with Crippen molar-refractivity contribution in [3.63, 3.8) is 0 Å². The maximum atomic E-state index is 11.8. The van der Waals surface area contributed by atoms with Crippen molar-refractivity contribution in [1.82, 2.24) is 15.3 Å². The van der Waals surface area contributed by atoms with Gasteiger partial charge in [-0.2, -0.15) is 0 Å². The Bertz CT molecular complexity index is 434. The molecule has 98 valence electrons. The van der Waals surface area contributed by atoms with Gasteiger partial charge in [-0.05, 0) is 18.5 Å². The van der Waals surface area contributed by atoms with Crippen LogP contribution in [0, 0.1) is 6.92 Å². The highest BCUT2D eigenvalue weighted by Crippen LogP contribution is 2.19. The van der Waals surface area contributed by atoms with Crippen molar-refractivity contribution in [1.29, 1.82) is 0 Å². The molecule has 1 aliphatic rings. The fourth-order valence-corrected chi connectivity index (χ4v) is 2.15. The van der Waals surface area contributed by atoms with Gasteiger partial charge < -0.3 is 15.0 Å². The van der Waals surface area contributed by atoms with Crippen LogP contribution in [0.3, 0.4) is 0 Å². The minimum atomic E-state index is -0.380. The second-order valence-corrected chi connectivity index (χ2v) is 4.37. The molecule has 1 unspecified atom stereocenters. The van der Waals surface area contributed by atoms with Crippen LogP contribution in [0.4, 0.5) is 5.82 Å². The van der Waals surface area contributed by atoms with Crippen molar-refractivity contribution >= 4 is 23.3 Å². The molecule has 0 aromatic carbocycles. The molecule has 1 aliphatic heterocycles. The summed E-state index contributed by atoms with van der Waals surface area (Å²) in [5, 5.41) is 2.81. The number of morpholine rings is 1. The van der Waals surface area contributed by atoms with Gasteiger partial charge in [0.2, 0.25) is 11.2 Å². The maximum absolute atomic E-state index is 11.8. The third-order valence-corrected chi connectivity index (χ3v) is 2.95. The summed E-state index contributed by atoms with van der Waals surface area (Å²) in [5.74, 6) is 0.562. The van der Waals surface area contributed by atoms with E-state index in [9.17, 15) is 4.79 Å². The number of ether oxygens (including phenoxy) is 1. The first kappa shape index (κ1) is 13.0. The van der Waals surface area contributed by atoms with E-state index in [1.807, 2.05) is 17.9 Å². The van der Waals surface area contributed by atoms with E-state index in [0.717, 1.165) is 5.69 Å². The van der Waals surface area contributed by atoms with Gasteiger partial charge >= 0.3 is 0 Å². The Morgan fingerprint density at radius 2 is 2.39 bits per heavy atom. The van der Waals surface area contributed by atoms with Gasteiger partial charge in [0.15, 0.2) is 0 Å². The Labute approximate surface area is 110 Å². The fraction of sp³-hybridized carbons (Fsp3) is 0.545. The molecular weight excluding hydrogens is 256 g/mol. The van der Waals surface area contributed by atoms with E-state index in [2.05, 4.69) is 15.3 Å². The molecule has 6 nitrogen and oxygen atoms in total. The predicted molar refractivity (Wildman–Crippen MR) is 67.8 cm³/mol. The molecule has 1 aromatic heterocycles. The number of halogens is 1. The molecule has 0 spiro atoms. The zero-order chi connectivity index (χ0) is 13.1. The number of hydrogen-bond acceptors (Lipinski definition) is 5. The summed E-state index contributed by atoms with van der Waals surface area (Å²) in [7, 11) is 1.60. The Balaban J connectivity index is 2.30. The molecule has 0 aliphatic carbocycles. The van der Waals surface area contributed by atoms with Gasteiger partial charge in [-0.3, -0.25) is 4.79 Å². The molecule has 0 bridgehead atoms. The monoisotopic (exact) mass is 270 g/mol. The predicted octanol–water partition coefficient (Wildman–Crippen LogP) is 0.390. The van der Waals surface area contributed by atoms with Gasteiger partial charge in [0, 0.05) is 25.4 Å². The lowest BCUT2D eigenvalue weighted by Gasteiger charge is -2.35. The van der Waals surface area contributed by atoms with Crippen LogP contribution < -0.4 is 10.2 Å². The van der Waals surface area contributed by atoms with E-state index in [1.165, 1.54) is 0 Å². The van der Waals surface area contributed by atoms with Crippen molar-refractivity contribution in [3.8, 4) is 0 Å². The molecule has 1 fully saturated rings. The lowest BCUT2D eigenvalue weighted by atomic mass is 10.2. The van der Waals surface area contributed by atoms with Crippen molar-refractivity contribution < 1.29 is 9.53 Å². The number of hydrogen-bond donors (Lipinski definition) is 1. The van der Waals surface area contributed by atoms with Gasteiger partial charge in [0.1, 0.15) is 11.9 Å². The zero-order valence-corrected chi connectivity index (χ0v) is 11.1. The summed E-state index contributed by atoms with van der Waals surface area (Å²) in [6.07, 6.45) is 0. The van der Waals surface area contributed by atoms with Crippen molar-refractivity contribution in [3.05, 3.63) is 17.0 Å². The van der Waals surface area contributed by atoms with Gasteiger partial charge in [-0.25, -0.2) is 9.97 Å². The molecule has 0 saturated carbocycles. The highest BCUT2D eigenvalue weighted by Gasteiger charge is 2.30. The van der Waals surface area contributed by atoms with Crippen molar-refractivity contribution in [2.75, 3.05) is 31.7 Å². The third-order valence-electron chi connectivity index (χ3n) is 2.79. The average molecular weight is 271 g/mol. The van der Waals surface area contributed by atoms with Crippen molar-refractivity contribution in [2.24, 2.45) is 0 Å². The van der Waals surface area contributed by atoms with E-state index in [0.29, 0.717) is 25.6 Å². The first-order chi connectivity index (χ1) is 8.61. The molecule has 18 heavy (non-hydrogen) atoms. The number of amides is 1. The second kappa shape index (κ2) is 5.49. The number of nitrogens with one attached hydrogen (secondary N) is 1. The quantitative estimate of drug-likeness (QED) is 0.788. The number of rotatable bonds is 2. The summed E-state index contributed by atoms with van der Waals surface area (Å²) in [6.45, 7) is 3.35. The normalized spacial score (nSPS) is 19.7. The second-order valence-electron chi connectivity index (χ2n) is 4.03. The maximum Gasteiger partial charge on any atom is 0.244 e. The molecule has 1 saturated heterocycles. The molecule has 0 radical (unpaired) electrons. The number of carbonyl (C=O) groups excluding carboxylic acids is 1. The fourth-order valence-electron chi connectivity index (χ4n) is 1.93. The lowest BCUT2D eigenvalue weighted by Crippen LogP contribution is -2.53. The summed E-state index contributed by atoms with van der Waals surface area (Å²) in [4.78, 5) is 21.9. The van der Waals surface area contributed by atoms with Crippen LogP contribution in [0.15, 0.2) is 6.07 Å². The van der Waals surface area contributed by atoms with Crippen molar-refractivity contribution in [2.45, 2.75) is 13.0 Å². The van der Waals surface area contributed by atoms with E-state index in [4.69, 9.17) is 16.3 Å². The first-order valence-electron chi connectivity index (χ1n) is 5.69. The minimum absolute atomic E-state index is 0.0953. The molecule has 7 heteroatoms. The summed E-state index contributed by atoms with van der Waals surface area (Å²) in [5.41, 5.74) is 0.771. The summed E-state index contributed by atoms with van der Waals surface area (Å²) < 4.78 is 5.34. The molecule has 1 atom stereocenters. The Hall–Kier alpha value is -1.40. The van der Waals surface area contributed by atoms with E-state index >= 15 is 0 Å². The van der Waals surface area contributed by atoms with Crippen LogP contribution in [0.5, 0.6) is 0 Å². The third kappa shape index (κ3) is 2.70. The minimum Gasteiger partial charge on any atom is -0.377 e. The number of aromatic nitrogens is 2. The Morgan fingerprint density at radius 3 is 3.06 bits per heavy atom. The first-order valence-corrected chi connectivity index (χ1v) is 6.07. The van der Waals surface area contributed by atoms with Gasteiger partial charge in [-0.1, -0.05) is 0 Å². The molecule has 1 N–H and O–H groups in total. The number of aryl methyl sites for hydroxylation is 1. The highest BCUT2D eigenvalue weighted by atomic mass is 35.5. The van der Waals surface area contributed by atoms with Crippen LogP contribution in [0.2, 0.25) is 5.28 Å². The van der Waals surface area contributed by atoms with Gasteiger partial charge in [0.25, 0.3) is 0 Å². The molecule has 2 heterocycles. The van der Waals surface area contributed by atoms with Crippen LogP contribution in [0.1, 0.15) is 5.69 Å². The zero-order valence-electron chi connectivity index (χ0n) is 10.3. The largest absolute Gasteiger partial charge is 0.377 e.